The van der Waals surface area contributed by atoms with Gasteiger partial charge >= 0.3 is 0 Å². The topological polar surface area (TPSA) is 78.0 Å². The zero-order valence-electron chi connectivity index (χ0n) is 17.8. The van der Waals surface area contributed by atoms with E-state index in [4.69, 9.17) is 0 Å². The smallest absolute Gasteiger partial charge is 0.253 e. The van der Waals surface area contributed by atoms with Gasteiger partial charge in [-0.1, -0.05) is 0 Å². The third-order valence-electron chi connectivity index (χ3n) is 6.17. The van der Waals surface area contributed by atoms with E-state index in [0.29, 0.717) is 37.1 Å². The number of hydrogen-bond donors (Lipinski definition) is 0. The van der Waals surface area contributed by atoms with Gasteiger partial charge in [-0.3, -0.25) is 9.59 Å². The number of sulfonamides is 1. The molecule has 0 atom stereocenters. The van der Waals surface area contributed by atoms with E-state index >= 15 is 0 Å². The molecule has 1 aromatic carbocycles. The molecule has 2 fully saturated rings. The highest BCUT2D eigenvalue weighted by molar-refractivity contribution is 7.89. The molecule has 0 aliphatic carbocycles. The van der Waals surface area contributed by atoms with Crippen LogP contribution in [0, 0.1) is 19.8 Å². The quantitative estimate of drug-likeness (QED) is 0.745. The highest BCUT2D eigenvalue weighted by Crippen LogP contribution is 2.26. The predicted octanol–water partition coefficient (Wildman–Crippen LogP) is 2.03. The molecule has 0 aromatic heterocycles. The Hall–Kier alpha value is -1.93. The Labute approximate surface area is 173 Å². The van der Waals surface area contributed by atoms with Crippen molar-refractivity contribution in [1.82, 2.24) is 14.1 Å². The van der Waals surface area contributed by atoms with Crippen molar-refractivity contribution in [3.63, 3.8) is 0 Å². The maximum Gasteiger partial charge on any atom is 0.253 e. The lowest BCUT2D eigenvalue weighted by atomic mass is 9.94. The van der Waals surface area contributed by atoms with E-state index in [9.17, 15) is 18.0 Å². The largest absolute Gasteiger partial charge is 0.342 e. The molecule has 0 unspecified atom stereocenters. The number of hydrogen-bond acceptors (Lipinski definition) is 4. The second-order valence-corrected chi connectivity index (χ2v) is 10.4. The van der Waals surface area contributed by atoms with Gasteiger partial charge in [-0.25, -0.2) is 12.7 Å². The van der Waals surface area contributed by atoms with Gasteiger partial charge in [0.2, 0.25) is 15.9 Å². The molecule has 8 heteroatoms. The van der Waals surface area contributed by atoms with Gasteiger partial charge in [0, 0.05) is 51.8 Å². The van der Waals surface area contributed by atoms with Crippen LogP contribution >= 0.6 is 0 Å². The standard InChI is InChI=1S/C21H31N3O4S/c1-15-13-18(14-19(16(15)2)29(27,28)22(3)4)21(26)24-11-7-17(8-12-24)20(25)23-9-5-6-10-23/h13-14,17H,5-12H2,1-4H3. The van der Waals surface area contributed by atoms with Gasteiger partial charge in [0.15, 0.2) is 0 Å². The summed E-state index contributed by atoms with van der Waals surface area (Å²) in [5.74, 6) is 0.0390. The van der Waals surface area contributed by atoms with Gasteiger partial charge in [-0.05, 0) is 62.8 Å². The average Bonchev–Trinajstić information content (AvgIpc) is 3.23. The molecule has 0 radical (unpaired) electrons. The number of benzene rings is 1. The van der Waals surface area contributed by atoms with Crippen molar-refractivity contribution in [2.45, 2.75) is 44.4 Å². The fraction of sp³-hybridized carbons (Fsp3) is 0.619. The van der Waals surface area contributed by atoms with Crippen molar-refractivity contribution >= 4 is 21.8 Å². The van der Waals surface area contributed by atoms with Crippen LogP contribution in [0.4, 0.5) is 0 Å². The SMILES string of the molecule is Cc1cc(C(=O)N2CCC(C(=O)N3CCCC3)CC2)cc(S(=O)(=O)N(C)C)c1C. The monoisotopic (exact) mass is 421 g/mol. The van der Waals surface area contributed by atoms with E-state index in [0.717, 1.165) is 31.5 Å². The third-order valence-corrected chi connectivity index (χ3v) is 8.12. The van der Waals surface area contributed by atoms with Crippen LogP contribution in [-0.4, -0.2) is 74.6 Å². The fourth-order valence-corrected chi connectivity index (χ4v) is 5.34. The molecule has 29 heavy (non-hydrogen) atoms. The van der Waals surface area contributed by atoms with Crippen LogP contribution in [-0.2, 0) is 14.8 Å². The lowest BCUT2D eigenvalue weighted by Crippen LogP contribution is -2.43. The Kier molecular flexibility index (Phi) is 6.33. The predicted molar refractivity (Wildman–Crippen MR) is 111 cm³/mol. The summed E-state index contributed by atoms with van der Waals surface area (Å²) in [6, 6.07) is 3.25. The van der Waals surface area contributed by atoms with Crippen LogP contribution in [0.25, 0.3) is 0 Å². The van der Waals surface area contributed by atoms with Crippen molar-refractivity contribution in [3.8, 4) is 0 Å². The van der Waals surface area contributed by atoms with Gasteiger partial charge in [0.05, 0.1) is 4.90 Å². The Bertz CT molecular complexity index is 897. The van der Waals surface area contributed by atoms with Crippen LogP contribution in [0.2, 0.25) is 0 Å². The first kappa shape index (κ1) is 21.8. The van der Waals surface area contributed by atoms with Crippen molar-refractivity contribution in [3.05, 3.63) is 28.8 Å². The summed E-state index contributed by atoms with van der Waals surface area (Å²) in [5, 5.41) is 0. The Balaban J connectivity index is 1.74. The van der Waals surface area contributed by atoms with Gasteiger partial charge in [0.25, 0.3) is 5.91 Å². The maximum atomic E-state index is 13.1. The third kappa shape index (κ3) is 4.33. The van der Waals surface area contributed by atoms with Gasteiger partial charge < -0.3 is 9.80 Å². The van der Waals surface area contributed by atoms with Crippen molar-refractivity contribution in [1.29, 1.82) is 0 Å². The van der Waals surface area contributed by atoms with Crippen LogP contribution in [0.5, 0.6) is 0 Å². The maximum absolute atomic E-state index is 13.1. The van der Waals surface area contributed by atoms with E-state index in [1.165, 1.54) is 24.5 Å². The second kappa shape index (κ2) is 8.44. The molecule has 2 amide bonds. The van der Waals surface area contributed by atoms with Gasteiger partial charge in [-0.2, -0.15) is 0 Å². The first-order valence-corrected chi connectivity index (χ1v) is 11.7. The highest BCUT2D eigenvalue weighted by atomic mass is 32.2. The second-order valence-electron chi connectivity index (χ2n) is 8.30. The summed E-state index contributed by atoms with van der Waals surface area (Å²) in [7, 11) is -0.660. The number of rotatable bonds is 4. The minimum Gasteiger partial charge on any atom is -0.342 e. The van der Waals surface area contributed by atoms with Crippen LogP contribution in [0.15, 0.2) is 17.0 Å². The minimum absolute atomic E-state index is 0.0124. The van der Waals surface area contributed by atoms with Gasteiger partial charge in [0.1, 0.15) is 0 Å². The summed E-state index contributed by atoms with van der Waals surface area (Å²) in [4.78, 5) is 29.5. The molecular weight excluding hydrogens is 390 g/mol. The molecular formula is C21H31N3O4S. The molecule has 0 spiro atoms. The van der Waals surface area contributed by atoms with E-state index in [1.54, 1.807) is 17.9 Å². The molecule has 2 aliphatic heterocycles. The molecule has 1 aromatic rings. The number of carbonyl (C=O) groups is 2. The molecule has 7 nitrogen and oxygen atoms in total. The molecule has 3 rings (SSSR count). The lowest BCUT2D eigenvalue weighted by Gasteiger charge is -2.33. The summed E-state index contributed by atoms with van der Waals surface area (Å²) in [6.07, 6.45) is 3.48. The van der Waals surface area contributed by atoms with Gasteiger partial charge in [-0.15, -0.1) is 0 Å². The first-order valence-electron chi connectivity index (χ1n) is 10.2. The Morgan fingerprint density at radius 1 is 0.966 bits per heavy atom. The van der Waals surface area contributed by atoms with Crippen molar-refractivity contribution < 1.29 is 18.0 Å². The summed E-state index contributed by atoms with van der Waals surface area (Å²) >= 11 is 0. The average molecular weight is 422 g/mol. The zero-order valence-corrected chi connectivity index (χ0v) is 18.6. The molecule has 160 valence electrons. The number of aryl methyl sites for hydroxylation is 1. The molecule has 2 heterocycles. The van der Waals surface area contributed by atoms with E-state index in [1.807, 2.05) is 11.8 Å². The van der Waals surface area contributed by atoms with Crippen LogP contribution in [0.3, 0.4) is 0 Å². The van der Waals surface area contributed by atoms with E-state index in [2.05, 4.69) is 0 Å². The lowest BCUT2D eigenvalue weighted by molar-refractivity contribution is -0.135. The van der Waals surface area contributed by atoms with Crippen molar-refractivity contribution in [2.75, 3.05) is 40.3 Å². The summed E-state index contributed by atoms with van der Waals surface area (Å²) < 4.78 is 26.5. The zero-order chi connectivity index (χ0) is 21.3. The Morgan fingerprint density at radius 2 is 1.55 bits per heavy atom. The molecule has 0 saturated carbocycles. The Morgan fingerprint density at radius 3 is 2.10 bits per heavy atom. The minimum atomic E-state index is -3.63. The molecule has 0 N–H and O–H groups in total. The summed E-state index contributed by atoms with van der Waals surface area (Å²) in [6.45, 7) is 6.32. The normalized spacial score (nSPS) is 18.5. The van der Waals surface area contributed by atoms with Crippen LogP contribution < -0.4 is 0 Å². The summed E-state index contributed by atoms with van der Waals surface area (Å²) in [5.41, 5.74) is 1.82. The number of likely N-dealkylation sites (tertiary alicyclic amines) is 2. The first-order chi connectivity index (χ1) is 13.6. The fourth-order valence-electron chi connectivity index (χ4n) is 4.12. The number of amides is 2. The molecule has 2 aliphatic rings. The molecule has 2 saturated heterocycles. The number of nitrogens with zero attached hydrogens (tertiary/aromatic N) is 3. The van der Waals surface area contributed by atoms with E-state index < -0.39 is 10.0 Å². The van der Waals surface area contributed by atoms with Crippen molar-refractivity contribution in [2.24, 2.45) is 5.92 Å². The number of carbonyl (C=O) groups excluding carboxylic acids is 2. The van der Waals surface area contributed by atoms with E-state index in [-0.39, 0.29) is 22.6 Å². The van der Waals surface area contributed by atoms with Crippen LogP contribution in [0.1, 0.15) is 47.2 Å². The highest BCUT2D eigenvalue weighted by Gasteiger charge is 2.32. The number of piperidine rings is 1. The molecule has 0 bridgehead atoms.